The summed E-state index contributed by atoms with van der Waals surface area (Å²) in [6.07, 6.45) is 2.28. The number of thiazole rings is 1. The highest BCUT2D eigenvalue weighted by atomic mass is 35.5. The van der Waals surface area contributed by atoms with Crippen LogP contribution < -0.4 is 15.5 Å². The molecule has 1 aliphatic rings. The number of carbonyl (C=O) groups excluding carboxylic acids is 1. The van der Waals surface area contributed by atoms with Crippen LogP contribution in [0.5, 0.6) is 0 Å². The zero-order valence-electron chi connectivity index (χ0n) is 22.2. The van der Waals surface area contributed by atoms with Crippen molar-refractivity contribution in [2.75, 3.05) is 54.9 Å². The minimum absolute atomic E-state index is 0.116. The van der Waals surface area contributed by atoms with E-state index in [1.165, 1.54) is 17.5 Å². The normalized spacial score (nSPS) is 14.4. The predicted octanol–water partition coefficient (Wildman–Crippen LogP) is 4.09. The Balaban J connectivity index is 0.000000732. The highest BCUT2D eigenvalue weighted by Crippen LogP contribution is 2.28. The van der Waals surface area contributed by atoms with Crippen LogP contribution in [0.25, 0.3) is 0 Å². The fraction of sp³-hybridized carbons (Fsp3) is 0.462. The molecule has 206 valence electrons. The van der Waals surface area contributed by atoms with Gasteiger partial charge >= 0.3 is 0 Å². The number of aryl methyl sites for hydroxylation is 2. The third-order valence-corrected chi connectivity index (χ3v) is 7.18. The lowest BCUT2D eigenvalue weighted by Crippen LogP contribution is -2.47. The van der Waals surface area contributed by atoms with E-state index in [-0.39, 0.29) is 18.6 Å². The number of aromatic nitrogens is 3. The van der Waals surface area contributed by atoms with Crippen molar-refractivity contribution in [3.63, 3.8) is 0 Å². The summed E-state index contributed by atoms with van der Waals surface area (Å²) < 4.78 is 0. The molecule has 2 aromatic heterocycles. The molecule has 1 unspecified atom stereocenters. The molecule has 1 fully saturated rings. The fourth-order valence-electron chi connectivity index (χ4n) is 3.63. The Bertz CT molecular complexity index is 1180. The average Bonchev–Trinajstić information content (AvgIpc) is 3.35. The molecular weight excluding hydrogens is 526 g/mol. The molecule has 38 heavy (non-hydrogen) atoms. The molecule has 1 atom stereocenters. The van der Waals surface area contributed by atoms with Crippen molar-refractivity contribution >= 4 is 51.3 Å². The van der Waals surface area contributed by atoms with Gasteiger partial charge < -0.3 is 25.7 Å². The number of hydrogen-bond donors (Lipinski definition) is 4. The van der Waals surface area contributed by atoms with Crippen molar-refractivity contribution in [1.82, 2.24) is 19.9 Å². The van der Waals surface area contributed by atoms with Crippen LogP contribution in [0, 0.1) is 13.8 Å². The van der Waals surface area contributed by atoms with Gasteiger partial charge in [0, 0.05) is 38.8 Å². The van der Waals surface area contributed by atoms with Crippen molar-refractivity contribution in [3.05, 3.63) is 51.7 Å². The topological polar surface area (TPSA) is 127 Å². The van der Waals surface area contributed by atoms with Crippen LogP contribution >= 0.6 is 22.9 Å². The van der Waals surface area contributed by atoms with Gasteiger partial charge in [-0.2, -0.15) is 0 Å². The van der Waals surface area contributed by atoms with E-state index in [1.54, 1.807) is 13.0 Å². The molecule has 0 saturated carbocycles. The maximum Gasteiger partial charge on any atom is 0.267 e. The number of anilines is 4. The molecule has 3 aromatic rings. The number of nitrogens with zero attached hydrogens (tertiary/aromatic N) is 5. The number of piperazine rings is 1. The van der Waals surface area contributed by atoms with Gasteiger partial charge in [-0.1, -0.05) is 42.0 Å². The van der Waals surface area contributed by atoms with E-state index in [2.05, 4.69) is 35.4 Å². The first kappa shape index (κ1) is 29.7. The molecule has 1 amide bonds. The summed E-state index contributed by atoms with van der Waals surface area (Å²) in [4.78, 5) is 31.0. The van der Waals surface area contributed by atoms with Gasteiger partial charge in [-0.3, -0.25) is 9.69 Å². The summed E-state index contributed by atoms with van der Waals surface area (Å²) in [5, 5.41) is 24.6. The highest BCUT2D eigenvalue weighted by molar-refractivity contribution is 7.17. The molecule has 4 N–H and O–H groups in total. The molecule has 4 rings (SSSR count). The van der Waals surface area contributed by atoms with Gasteiger partial charge in [-0.15, -0.1) is 0 Å². The van der Waals surface area contributed by atoms with Crippen molar-refractivity contribution in [1.29, 1.82) is 0 Å². The SMILES string of the molecule is CCC(C)O.Cc1nc(Nc2ncc(C(=O)Nc3c(C)cccc3Cl)s2)cc(N2CCN(CCO)CC2)n1. The molecule has 10 nitrogen and oxygen atoms in total. The lowest BCUT2D eigenvalue weighted by atomic mass is 10.2. The van der Waals surface area contributed by atoms with Gasteiger partial charge in [-0.25, -0.2) is 15.0 Å². The number of benzene rings is 1. The van der Waals surface area contributed by atoms with E-state index in [1.807, 2.05) is 39.0 Å². The molecule has 0 radical (unpaired) electrons. The Hall–Kier alpha value is -2.83. The smallest absolute Gasteiger partial charge is 0.267 e. The van der Waals surface area contributed by atoms with Gasteiger partial charge in [0.2, 0.25) is 0 Å². The largest absolute Gasteiger partial charge is 0.395 e. The fourth-order valence-corrected chi connectivity index (χ4v) is 4.62. The van der Waals surface area contributed by atoms with E-state index < -0.39 is 0 Å². The Morgan fingerprint density at radius 3 is 2.55 bits per heavy atom. The number of β-amino-alcohol motifs (C(OH)–C–C–N with tert-alkyl or cyclic N) is 1. The molecule has 0 spiro atoms. The van der Waals surface area contributed by atoms with Crippen LogP contribution in [0.2, 0.25) is 5.02 Å². The number of amides is 1. The first-order valence-electron chi connectivity index (χ1n) is 12.6. The summed E-state index contributed by atoms with van der Waals surface area (Å²) in [5.74, 6) is 1.85. The minimum Gasteiger partial charge on any atom is -0.395 e. The summed E-state index contributed by atoms with van der Waals surface area (Å²) in [6, 6.07) is 7.37. The van der Waals surface area contributed by atoms with Crippen molar-refractivity contribution < 1.29 is 15.0 Å². The number of rotatable bonds is 8. The zero-order chi connectivity index (χ0) is 27.7. The summed E-state index contributed by atoms with van der Waals surface area (Å²) in [7, 11) is 0. The van der Waals surface area contributed by atoms with E-state index in [4.69, 9.17) is 21.8 Å². The van der Waals surface area contributed by atoms with Crippen LogP contribution in [0.15, 0.2) is 30.5 Å². The van der Waals surface area contributed by atoms with Crippen LogP contribution in [-0.4, -0.2) is 81.4 Å². The Morgan fingerprint density at radius 1 is 1.21 bits per heavy atom. The highest BCUT2D eigenvalue weighted by Gasteiger charge is 2.19. The van der Waals surface area contributed by atoms with E-state index in [0.29, 0.717) is 38.9 Å². The molecule has 1 aliphatic heterocycles. The second-order valence-corrected chi connectivity index (χ2v) is 10.4. The van der Waals surface area contributed by atoms with Gasteiger partial charge in [0.1, 0.15) is 22.3 Å². The quantitative estimate of drug-likeness (QED) is 0.321. The molecule has 1 saturated heterocycles. The van der Waals surface area contributed by atoms with Gasteiger partial charge in [0.05, 0.1) is 29.6 Å². The third kappa shape index (κ3) is 8.60. The van der Waals surface area contributed by atoms with Crippen LogP contribution in [0.4, 0.5) is 22.5 Å². The Labute approximate surface area is 232 Å². The second kappa shape index (κ2) is 14.4. The molecule has 0 aliphatic carbocycles. The number of aliphatic hydroxyl groups is 2. The molecule has 1 aromatic carbocycles. The predicted molar refractivity (Wildman–Crippen MR) is 154 cm³/mol. The minimum atomic E-state index is -0.267. The van der Waals surface area contributed by atoms with Crippen molar-refractivity contribution in [3.8, 4) is 0 Å². The number of aliphatic hydroxyl groups excluding tert-OH is 2. The number of hydrogen-bond acceptors (Lipinski definition) is 10. The number of halogens is 1. The number of para-hydroxylation sites is 1. The second-order valence-electron chi connectivity index (χ2n) is 9.01. The standard InChI is InChI=1S/C22H26ClN7O2S.C4H10O/c1-14-4-3-5-16(23)20(14)28-21(32)17-13-24-22(33-17)27-18-12-19(26-15(2)25-18)30-8-6-29(7-9-30)10-11-31;1-3-4(2)5/h3-5,12-13,31H,6-11H2,1-2H3,(H,28,32)(H,24,25,26,27);4-5H,3H2,1-2H3. The van der Waals surface area contributed by atoms with Gasteiger partial charge in [0.15, 0.2) is 5.13 Å². The van der Waals surface area contributed by atoms with Crippen LogP contribution in [-0.2, 0) is 0 Å². The number of carbonyl (C=O) groups is 1. The van der Waals surface area contributed by atoms with Gasteiger partial charge in [0.25, 0.3) is 5.91 Å². The Kier molecular flexibility index (Phi) is 11.2. The zero-order valence-corrected chi connectivity index (χ0v) is 23.8. The molecule has 3 heterocycles. The summed E-state index contributed by atoms with van der Waals surface area (Å²) in [5.41, 5.74) is 1.49. The molecule has 12 heteroatoms. The maximum absolute atomic E-state index is 12.7. The Morgan fingerprint density at radius 2 is 1.92 bits per heavy atom. The first-order chi connectivity index (χ1) is 18.2. The maximum atomic E-state index is 12.7. The van der Waals surface area contributed by atoms with Crippen LogP contribution in [0.3, 0.4) is 0 Å². The van der Waals surface area contributed by atoms with Crippen molar-refractivity contribution in [2.24, 2.45) is 0 Å². The van der Waals surface area contributed by atoms with Crippen LogP contribution in [0.1, 0.15) is 41.3 Å². The molecular formula is C26H36ClN7O3S. The third-order valence-electron chi connectivity index (χ3n) is 5.95. The molecule has 0 bridgehead atoms. The number of nitrogens with one attached hydrogen (secondary N) is 2. The summed E-state index contributed by atoms with van der Waals surface area (Å²) >= 11 is 7.46. The van der Waals surface area contributed by atoms with Crippen molar-refractivity contribution in [2.45, 2.75) is 40.2 Å². The summed E-state index contributed by atoms with van der Waals surface area (Å²) in [6.45, 7) is 11.8. The lowest BCUT2D eigenvalue weighted by molar-refractivity contribution is 0.103. The first-order valence-corrected chi connectivity index (χ1v) is 13.8. The van der Waals surface area contributed by atoms with E-state index >= 15 is 0 Å². The average molecular weight is 562 g/mol. The monoisotopic (exact) mass is 561 g/mol. The van der Waals surface area contributed by atoms with Gasteiger partial charge in [-0.05, 0) is 38.8 Å². The van der Waals surface area contributed by atoms with E-state index in [0.717, 1.165) is 44.0 Å². The van der Waals surface area contributed by atoms with E-state index in [9.17, 15) is 4.79 Å². The lowest BCUT2D eigenvalue weighted by Gasteiger charge is -2.35.